The van der Waals surface area contributed by atoms with Crippen molar-refractivity contribution >= 4 is 18.0 Å². The Kier molecular flexibility index (Phi) is 5.79. The van der Waals surface area contributed by atoms with E-state index in [-0.39, 0.29) is 6.42 Å². The summed E-state index contributed by atoms with van der Waals surface area (Å²) in [6, 6.07) is -1.31. The summed E-state index contributed by atoms with van der Waals surface area (Å²) < 4.78 is 4.52. The molecule has 1 unspecified atom stereocenters. The van der Waals surface area contributed by atoms with Crippen molar-refractivity contribution in [2.45, 2.75) is 57.0 Å². The van der Waals surface area contributed by atoms with Crippen molar-refractivity contribution < 1.29 is 24.2 Å². The number of urea groups is 1. The van der Waals surface area contributed by atoms with Gasteiger partial charge in [-0.1, -0.05) is 19.3 Å². The maximum Gasteiger partial charge on any atom is 0.328 e. The molecule has 20 heavy (non-hydrogen) atoms. The van der Waals surface area contributed by atoms with Gasteiger partial charge in [0, 0.05) is 0 Å². The number of hydrogen-bond donors (Lipinski definition) is 3. The van der Waals surface area contributed by atoms with Crippen LogP contribution in [-0.4, -0.2) is 41.8 Å². The summed E-state index contributed by atoms with van der Waals surface area (Å²) in [6.07, 6.45) is 4.00. The summed E-state index contributed by atoms with van der Waals surface area (Å²) in [7, 11) is 1.24. The quantitative estimate of drug-likeness (QED) is 0.655. The molecule has 1 atom stereocenters. The van der Waals surface area contributed by atoms with E-state index in [4.69, 9.17) is 5.11 Å². The van der Waals surface area contributed by atoms with Crippen LogP contribution in [0, 0.1) is 0 Å². The molecule has 1 saturated carbocycles. The minimum absolute atomic E-state index is 0.104. The zero-order valence-electron chi connectivity index (χ0n) is 11.9. The number of rotatable bonds is 5. The van der Waals surface area contributed by atoms with E-state index in [9.17, 15) is 14.4 Å². The lowest BCUT2D eigenvalue weighted by atomic mass is 9.79. The van der Waals surface area contributed by atoms with Crippen molar-refractivity contribution in [1.29, 1.82) is 0 Å². The van der Waals surface area contributed by atoms with Crippen molar-refractivity contribution in [3.63, 3.8) is 0 Å². The van der Waals surface area contributed by atoms with Crippen molar-refractivity contribution in [2.24, 2.45) is 0 Å². The number of carbonyl (C=O) groups excluding carboxylic acids is 2. The maximum absolute atomic E-state index is 11.9. The molecule has 3 N–H and O–H groups in total. The second-order valence-electron chi connectivity index (χ2n) is 5.25. The largest absolute Gasteiger partial charge is 0.481 e. The first-order valence-corrected chi connectivity index (χ1v) is 6.77. The summed E-state index contributed by atoms with van der Waals surface area (Å²) >= 11 is 0. The van der Waals surface area contributed by atoms with E-state index in [1.54, 1.807) is 0 Å². The zero-order valence-corrected chi connectivity index (χ0v) is 11.9. The van der Waals surface area contributed by atoms with Gasteiger partial charge in [-0.05, 0) is 19.8 Å². The molecule has 1 rings (SSSR count). The van der Waals surface area contributed by atoms with Gasteiger partial charge in [0.15, 0.2) is 0 Å². The molecule has 0 aliphatic heterocycles. The van der Waals surface area contributed by atoms with Crippen molar-refractivity contribution in [3.05, 3.63) is 0 Å². The monoisotopic (exact) mass is 286 g/mol. The van der Waals surface area contributed by atoms with Gasteiger partial charge in [-0.25, -0.2) is 9.59 Å². The van der Waals surface area contributed by atoms with Gasteiger partial charge in [0.2, 0.25) is 0 Å². The molecule has 0 heterocycles. The Labute approximate surface area is 118 Å². The molecule has 2 amide bonds. The van der Waals surface area contributed by atoms with Gasteiger partial charge in [-0.3, -0.25) is 4.79 Å². The first-order chi connectivity index (χ1) is 9.38. The maximum atomic E-state index is 11.9. The Hall–Kier alpha value is -1.79. The normalized spacial score (nSPS) is 18.7. The Balaban J connectivity index is 2.62. The molecule has 0 aromatic rings. The highest BCUT2D eigenvalue weighted by Crippen LogP contribution is 2.31. The molecule has 0 aromatic carbocycles. The van der Waals surface area contributed by atoms with Crippen molar-refractivity contribution in [2.75, 3.05) is 7.11 Å². The van der Waals surface area contributed by atoms with E-state index in [1.807, 2.05) is 0 Å². The van der Waals surface area contributed by atoms with E-state index >= 15 is 0 Å². The lowest BCUT2D eigenvalue weighted by molar-refractivity contribution is -0.142. The van der Waals surface area contributed by atoms with Gasteiger partial charge in [0.05, 0.1) is 19.1 Å². The number of amides is 2. The van der Waals surface area contributed by atoms with Crippen LogP contribution >= 0.6 is 0 Å². The minimum Gasteiger partial charge on any atom is -0.481 e. The fourth-order valence-electron chi connectivity index (χ4n) is 2.57. The summed E-state index contributed by atoms with van der Waals surface area (Å²) in [5.41, 5.74) is -0.718. The van der Waals surface area contributed by atoms with Crippen molar-refractivity contribution in [1.82, 2.24) is 10.6 Å². The fraction of sp³-hybridized carbons (Fsp3) is 0.769. The van der Waals surface area contributed by atoms with Gasteiger partial charge >= 0.3 is 18.0 Å². The highest BCUT2D eigenvalue weighted by atomic mass is 16.5. The molecule has 0 bridgehead atoms. The number of aliphatic carboxylic acids is 1. The number of nitrogens with one attached hydrogen (secondary N) is 2. The van der Waals surface area contributed by atoms with Gasteiger partial charge < -0.3 is 20.5 Å². The highest BCUT2D eigenvalue weighted by Gasteiger charge is 2.36. The first-order valence-electron chi connectivity index (χ1n) is 6.77. The van der Waals surface area contributed by atoms with Crippen LogP contribution in [0.25, 0.3) is 0 Å². The molecule has 1 fully saturated rings. The first kappa shape index (κ1) is 16.3. The summed E-state index contributed by atoms with van der Waals surface area (Å²) in [4.78, 5) is 34.1. The lowest BCUT2D eigenvalue weighted by Crippen LogP contribution is -2.56. The third-order valence-corrected chi connectivity index (χ3v) is 3.58. The average Bonchev–Trinajstić information content (AvgIpc) is 2.37. The number of methoxy groups -OCH3 is 1. The topological polar surface area (TPSA) is 105 Å². The van der Waals surface area contributed by atoms with Crippen LogP contribution in [0.3, 0.4) is 0 Å². The second-order valence-corrected chi connectivity index (χ2v) is 5.25. The van der Waals surface area contributed by atoms with Gasteiger partial charge in [0.1, 0.15) is 6.04 Å². The number of ether oxygens (including phenoxy) is 1. The number of hydrogen-bond acceptors (Lipinski definition) is 4. The van der Waals surface area contributed by atoms with Gasteiger partial charge in [-0.15, -0.1) is 0 Å². The molecule has 0 radical (unpaired) electrons. The number of esters is 1. The standard InChI is InChI=1S/C13H22N2O5/c1-9(11(18)20-2)14-12(19)15-13(8-10(16)17)6-4-3-5-7-13/h9H,3-8H2,1-2H3,(H,16,17)(H2,14,15,19). The third-order valence-electron chi connectivity index (χ3n) is 3.58. The van der Waals surface area contributed by atoms with E-state index in [2.05, 4.69) is 15.4 Å². The van der Waals surface area contributed by atoms with Gasteiger partial charge in [0.25, 0.3) is 0 Å². The fourth-order valence-corrected chi connectivity index (χ4v) is 2.57. The molecule has 1 aliphatic rings. The average molecular weight is 286 g/mol. The second kappa shape index (κ2) is 7.12. The van der Waals surface area contributed by atoms with E-state index in [0.717, 1.165) is 19.3 Å². The molecule has 0 saturated heterocycles. The highest BCUT2D eigenvalue weighted by molar-refractivity contribution is 5.84. The molecular formula is C13H22N2O5. The Morgan fingerprint density at radius 3 is 2.35 bits per heavy atom. The number of carboxylic acid groups (broad SMARTS) is 1. The lowest BCUT2D eigenvalue weighted by Gasteiger charge is -2.37. The summed E-state index contributed by atoms with van der Waals surface area (Å²) in [5, 5.41) is 14.2. The van der Waals surface area contributed by atoms with Gasteiger partial charge in [-0.2, -0.15) is 0 Å². The Bertz CT molecular complexity index is 377. The Morgan fingerprint density at radius 1 is 1.25 bits per heavy atom. The van der Waals surface area contributed by atoms with Crippen LogP contribution in [0.5, 0.6) is 0 Å². The molecule has 114 valence electrons. The minimum atomic E-state index is -0.937. The van der Waals surface area contributed by atoms with Crippen LogP contribution in [0.4, 0.5) is 4.79 Å². The van der Waals surface area contributed by atoms with Crippen LogP contribution in [0.15, 0.2) is 0 Å². The molecule has 1 aliphatic carbocycles. The van der Waals surface area contributed by atoms with E-state index < -0.39 is 29.6 Å². The number of carboxylic acids is 1. The molecule has 0 spiro atoms. The summed E-state index contributed by atoms with van der Waals surface area (Å²) in [6.45, 7) is 1.51. The Morgan fingerprint density at radius 2 is 1.85 bits per heavy atom. The van der Waals surface area contributed by atoms with Crippen LogP contribution in [0.1, 0.15) is 45.4 Å². The zero-order chi connectivity index (χ0) is 15.2. The SMILES string of the molecule is COC(=O)C(C)NC(=O)NC1(CC(=O)O)CCCCC1. The smallest absolute Gasteiger partial charge is 0.328 e. The summed E-state index contributed by atoms with van der Waals surface area (Å²) in [5.74, 6) is -1.48. The predicted molar refractivity (Wildman–Crippen MR) is 71.2 cm³/mol. The molecule has 7 nitrogen and oxygen atoms in total. The van der Waals surface area contributed by atoms with Crippen LogP contribution in [0.2, 0.25) is 0 Å². The van der Waals surface area contributed by atoms with E-state index in [1.165, 1.54) is 14.0 Å². The molecular weight excluding hydrogens is 264 g/mol. The predicted octanol–water partition coefficient (Wildman–Crippen LogP) is 1.02. The molecule has 0 aromatic heterocycles. The third kappa shape index (κ3) is 4.71. The van der Waals surface area contributed by atoms with E-state index in [0.29, 0.717) is 12.8 Å². The van der Waals surface area contributed by atoms with Crippen LogP contribution < -0.4 is 10.6 Å². The van der Waals surface area contributed by atoms with Crippen molar-refractivity contribution in [3.8, 4) is 0 Å². The number of carbonyl (C=O) groups is 3. The van der Waals surface area contributed by atoms with Crippen LogP contribution in [-0.2, 0) is 14.3 Å². The molecule has 7 heteroatoms.